The molecule has 0 aliphatic carbocycles. The molecule has 0 amide bonds. The summed E-state index contributed by atoms with van der Waals surface area (Å²) in [6.45, 7) is 0. The first-order chi connectivity index (χ1) is 5.27. The van der Waals surface area contributed by atoms with Crippen LogP contribution in [0.5, 0.6) is 0 Å². The second-order valence-electron chi connectivity index (χ2n) is 2.34. The van der Waals surface area contributed by atoms with Crippen molar-refractivity contribution in [2.45, 2.75) is 0 Å². The molecule has 0 spiro atoms. The molecule has 4 heteroatoms. The number of halogens is 2. The van der Waals surface area contributed by atoms with E-state index in [1.807, 2.05) is 23.6 Å². The van der Waals surface area contributed by atoms with Crippen LogP contribution in [0.25, 0.3) is 10.1 Å². The molecular formula is C8H7Cl2NS. The Labute approximate surface area is 85.5 Å². The zero-order valence-electron chi connectivity index (χ0n) is 6.08. The molecule has 2 N–H and O–H groups in total. The number of fused-ring (bicyclic) bond motifs is 1. The molecule has 1 heterocycles. The summed E-state index contributed by atoms with van der Waals surface area (Å²) in [7, 11) is 0. The fourth-order valence-corrected chi connectivity index (χ4v) is 2.23. The van der Waals surface area contributed by atoms with E-state index < -0.39 is 0 Å². The van der Waals surface area contributed by atoms with Gasteiger partial charge in [0.05, 0.1) is 5.02 Å². The third kappa shape index (κ3) is 1.51. The van der Waals surface area contributed by atoms with E-state index in [0.29, 0.717) is 0 Å². The van der Waals surface area contributed by atoms with Crippen LogP contribution in [0.3, 0.4) is 0 Å². The fraction of sp³-hybridized carbons (Fsp3) is 0. The van der Waals surface area contributed by atoms with Gasteiger partial charge in [-0.3, -0.25) is 0 Å². The second kappa shape index (κ2) is 3.52. The zero-order valence-corrected chi connectivity index (χ0v) is 8.47. The van der Waals surface area contributed by atoms with E-state index in [0.717, 1.165) is 20.8 Å². The highest BCUT2D eigenvalue weighted by atomic mass is 35.5. The van der Waals surface area contributed by atoms with Gasteiger partial charge in [-0.1, -0.05) is 11.6 Å². The molecular weight excluding hydrogens is 213 g/mol. The Morgan fingerprint density at radius 2 is 2.08 bits per heavy atom. The molecule has 0 saturated heterocycles. The van der Waals surface area contributed by atoms with E-state index in [1.54, 1.807) is 11.3 Å². The average molecular weight is 220 g/mol. The van der Waals surface area contributed by atoms with E-state index in [-0.39, 0.29) is 12.4 Å². The molecule has 0 aliphatic rings. The summed E-state index contributed by atoms with van der Waals surface area (Å²) in [5, 5.41) is 3.82. The minimum atomic E-state index is 0. The summed E-state index contributed by atoms with van der Waals surface area (Å²) < 4.78 is 1.15. The molecule has 0 radical (unpaired) electrons. The van der Waals surface area contributed by atoms with Crippen molar-refractivity contribution >= 4 is 51.1 Å². The number of benzene rings is 1. The molecule has 0 fully saturated rings. The first-order valence-corrected chi connectivity index (χ1v) is 4.45. The van der Waals surface area contributed by atoms with Crippen LogP contribution in [0.1, 0.15) is 0 Å². The van der Waals surface area contributed by atoms with Gasteiger partial charge in [0.25, 0.3) is 0 Å². The first kappa shape index (κ1) is 9.65. The molecule has 0 saturated carbocycles. The van der Waals surface area contributed by atoms with Crippen LogP contribution >= 0.6 is 35.3 Å². The summed E-state index contributed by atoms with van der Waals surface area (Å²) in [5.41, 5.74) is 6.38. The number of rotatable bonds is 0. The molecule has 2 aromatic rings. The average Bonchev–Trinajstić information content (AvgIpc) is 2.32. The Morgan fingerprint density at radius 3 is 2.83 bits per heavy atom. The van der Waals surface area contributed by atoms with Gasteiger partial charge in [-0.2, -0.15) is 0 Å². The van der Waals surface area contributed by atoms with Crippen molar-refractivity contribution in [1.82, 2.24) is 0 Å². The summed E-state index contributed by atoms with van der Waals surface area (Å²) in [5.74, 6) is 0. The molecule has 64 valence electrons. The normalized spacial score (nSPS) is 9.75. The second-order valence-corrected chi connectivity index (χ2v) is 3.66. The van der Waals surface area contributed by atoms with Gasteiger partial charge in [0, 0.05) is 21.2 Å². The Balaban J connectivity index is 0.000000720. The number of nitrogens with two attached hydrogens (primary N) is 1. The lowest BCUT2D eigenvalue weighted by atomic mass is 10.2. The van der Waals surface area contributed by atoms with Gasteiger partial charge in [-0.15, -0.1) is 23.7 Å². The third-order valence-electron chi connectivity index (χ3n) is 1.55. The van der Waals surface area contributed by atoms with E-state index in [9.17, 15) is 0 Å². The monoisotopic (exact) mass is 219 g/mol. The van der Waals surface area contributed by atoms with Crippen molar-refractivity contribution in [3.8, 4) is 0 Å². The Kier molecular flexibility index (Phi) is 2.83. The number of hydrogen-bond acceptors (Lipinski definition) is 2. The van der Waals surface area contributed by atoms with Gasteiger partial charge in [0.2, 0.25) is 0 Å². The van der Waals surface area contributed by atoms with Crippen molar-refractivity contribution in [2.75, 3.05) is 5.73 Å². The van der Waals surface area contributed by atoms with E-state index in [2.05, 4.69) is 0 Å². The molecule has 0 atom stereocenters. The smallest absolute Gasteiger partial charge is 0.0591 e. The van der Waals surface area contributed by atoms with Crippen molar-refractivity contribution in [2.24, 2.45) is 0 Å². The number of thiophene rings is 1. The van der Waals surface area contributed by atoms with Crippen LogP contribution in [0, 0.1) is 0 Å². The molecule has 1 nitrogen and oxygen atoms in total. The number of nitrogen functional groups attached to an aromatic ring is 1. The predicted molar refractivity (Wildman–Crippen MR) is 58.5 cm³/mol. The maximum absolute atomic E-state index is 5.89. The van der Waals surface area contributed by atoms with Crippen LogP contribution in [0.2, 0.25) is 5.02 Å². The summed E-state index contributed by atoms with van der Waals surface area (Å²) in [4.78, 5) is 0. The highest BCUT2D eigenvalue weighted by molar-refractivity contribution is 7.17. The van der Waals surface area contributed by atoms with Crippen LogP contribution in [0.15, 0.2) is 23.6 Å². The van der Waals surface area contributed by atoms with Crippen molar-refractivity contribution < 1.29 is 0 Å². The van der Waals surface area contributed by atoms with Gasteiger partial charge >= 0.3 is 0 Å². The topological polar surface area (TPSA) is 26.0 Å². The van der Waals surface area contributed by atoms with E-state index >= 15 is 0 Å². The highest BCUT2D eigenvalue weighted by Crippen LogP contribution is 2.30. The van der Waals surface area contributed by atoms with Gasteiger partial charge < -0.3 is 5.73 Å². The Morgan fingerprint density at radius 1 is 1.33 bits per heavy atom. The Hall–Kier alpha value is -0.440. The number of hydrogen-bond donors (Lipinski definition) is 1. The van der Waals surface area contributed by atoms with Crippen molar-refractivity contribution in [3.05, 3.63) is 28.6 Å². The molecule has 1 aromatic carbocycles. The van der Waals surface area contributed by atoms with Crippen LogP contribution in [0.4, 0.5) is 5.69 Å². The summed E-state index contributed by atoms with van der Waals surface area (Å²) in [6.07, 6.45) is 0. The molecule has 1 aromatic heterocycles. The molecule has 0 aliphatic heterocycles. The minimum absolute atomic E-state index is 0. The Bertz CT molecular complexity index is 397. The van der Waals surface area contributed by atoms with Gasteiger partial charge in [-0.25, -0.2) is 0 Å². The van der Waals surface area contributed by atoms with E-state index in [1.165, 1.54) is 0 Å². The van der Waals surface area contributed by atoms with Gasteiger partial charge in [-0.05, 0) is 18.2 Å². The van der Waals surface area contributed by atoms with Crippen LogP contribution in [-0.2, 0) is 0 Å². The lowest BCUT2D eigenvalue weighted by molar-refractivity contribution is 1.79. The number of anilines is 1. The minimum Gasteiger partial charge on any atom is -0.399 e. The SMILES string of the molecule is Cl.Nc1ccc2c(Cl)csc2c1. The standard InChI is InChI=1S/C8H6ClNS.ClH/c9-7-4-11-8-3-5(10)1-2-6(7)8;/h1-4H,10H2;1H. The largest absolute Gasteiger partial charge is 0.399 e. The highest BCUT2D eigenvalue weighted by Gasteiger charge is 1.99. The molecule has 0 bridgehead atoms. The predicted octanol–water partition coefficient (Wildman–Crippen LogP) is 3.56. The lowest BCUT2D eigenvalue weighted by Crippen LogP contribution is -1.80. The fourth-order valence-electron chi connectivity index (χ4n) is 1.01. The third-order valence-corrected chi connectivity index (χ3v) is 2.94. The zero-order chi connectivity index (χ0) is 7.84. The summed E-state index contributed by atoms with van der Waals surface area (Å²) in [6, 6.07) is 5.75. The quantitative estimate of drug-likeness (QED) is 0.675. The van der Waals surface area contributed by atoms with Crippen molar-refractivity contribution in [1.29, 1.82) is 0 Å². The first-order valence-electron chi connectivity index (χ1n) is 3.19. The van der Waals surface area contributed by atoms with Gasteiger partial charge in [0.15, 0.2) is 0 Å². The van der Waals surface area contributed by atoms with Crippen LogP contribution < -0.4 is 5.73 Å². The molecule has 0 unspecified atom stereocenters. The maximum Gasteiger partial charge on any atom is 0.0591 e. The van der Waals surface area contributed by atoms with Crippen molar-refractivity contribution in [3.63, 3.8) is 0 Å². The lowest BCUT2D eigenvalue weighted by Gasteiger charge is -1.91. The van der Waals surface area contributed by atoms with Gasteiger partial charge in [0.1, 0.15) is 0 Å². The van der Waals surface area contributed by atoms with E-state index in [4.69, 9.17) is 17.3 Å². The molecule has 12 heavy (non-hydrogen) atoms. The van der Waals surface area contributed by atoms with Crippen LogP contribution in [-0.4, -0.2) is 0 Å². The summed E-state index contributed by atoms with van der Waals surface area (Å²) >= 11 is 7.51. The maximum atomic E-state index is 5.89. The molecule has 2 rings (SSSR count).